The van der Waals surface area contributed by atoms with Crippen molar-refractivity contribution in [3.63, 3.8) is 0 Å². The summed E-state index contributed by atoms with van der Waals surface area (Å²) in [5.74, 6) is 0. The molecule has 0 saturated carbocycles. The van der Waals surface area contributed by atoms with Crippen LogP contribution in [-0.4, -0.2) is 30.9 Å². The molecule has 2 heterocycles. The maximum atomic E-state index is 8.12. The molecule has 146 valence electrons. The average Bonchev–Trinajstić information content (AvgIpc) is 3.36. The van der Waals surface area contributed by atoms with Crippen molar-refractivity contribution < 1.29 is 9.59 Å². The summed E-state index contributed by atoms with van der Waals surface area (Å²) in [4.78, 5) is 16.2. The molecular formula is C21H20N6O2. The summed E-state index contributed by atoms with van der Waals surface area (Å²) < 4.78 is 3.71. The molecule has 0 bridgehead atoms. The van der Waals surface area contributed by atoms with Gasteiger partial charge < -0.3 is 5.73 Å². The van der Waals surface area contributed by atoms with E-state index in [9.17, 15) is 0 Å². The fraction of sp³-hybridized carbons (Fsp3) is 0.143. The van der Waals surface area contributed by atoms with Gasteiger partial charge in [-0.2, -0.15) is 14.7 Å². The third-order valence-corrected chi connectivity index (χ3v) is 4.55. The van der Waals surface area contributed by atoms with Gasteiger partial charge in [0, 0.05) is 16.9 Å². The number of anilines is 1. The molecule has 0 radical (unpaired) electrons. The zero-order valence-corrected chi connectivity index (χ0v) is 16.1. The third-order valence-electron chi connectivity index (χ3n) is 4.55. The molecule has 0 aliphatic rings. The van der Waals surface area contributed by atoms with E-state index in [1.54, 1.807) is 4.68 Å². The number of nitrogens with two attached hydrogens (primary N) is 1. The summed E-state index contributed by atoms with van der Waals surface area (Å²) >= 11 is 0. The van der Waals surface area contributed by atoms with Crippen molar-refractivity contribution in [2.45, 2.75) is 20.3 Å². The van der Waals surface area contributed by atoms with Crippen LogP contribution < -0.4 is 5.73 Å². The molecule has 8 heteroatoms. The zero-order valence-electron chi connectivity index (χ0n) is 16.1. The van der Waals surface area contributed by atoms with Crippen LogP contribution in [0.2, 0.25) is 0 Å². The van der Waals surface area contributed by atoms with E-state index in [-0.39, 0.29) is 6.15 Å². The van der Waals surface area contributed by atoms with Crippen molar-refractivity contribution in [3.05, 3.63) is 72.2 Å². The average molecular weight is 388 g/mol. The third kappa shape index (κ3) is 4.28. The molecule has 29 heavy (non-hydrogen) atoms. The predicted molar refractivity (Wildman–Crippen MR) is 107 cm³/mol. The van der Waals surface area contributed by atoms with Crippen molar-refractivity contribution in [2.75, 3.05) is 5.73 Å². The Morgan fingerprint density at radius 2 is 1.62 bits per heavy atom. The molecule has 0 unspecified atom stereocenters. The van der Waals surface area contributed by atoms with Crippen molar-refractivity contribution in [1.82, 2.24) is 24.8 Å². The first-order chi connectivity index (χ1) is 14.1. The molecule has 0 spiro atoms. The van der Waals surface area contributed by atoms with Crippen LogP contribution in [0.4, 0.5) is 5.69 Å². The Hall–Kier alpha value is -4.03. The first-order valence-electron chi connectivity index (χ1n) is 8.99. The summed E-state index contributed by atoms with van der Waals surface area (Å²) in [6, 6.07) is 15.7. The van der Waals surface area contributed by atoms with E-state index in [4.69, 9.17) is 15.3 Å². The van der Waals surface area contributed by atoms with Crippen molar-refractivity contribution in [1.29, 1.82) is 0 Å². The molecule has 2 aromatic heterocycles. The lowest BCUT2D eigenvalue weighted by atomic mass is 10.1. The molecule has 0 aliphatic heterocycles. The van der Waals surface area contributed by atoms with Crippen LogP contribution in [0, 0.1) is 6.92 Å². The zero-order chi connectivity index (χ0) is 20.8. The highest BCUT2D eigenvalue weighted by Gasteiger charge is 2.09. The van der Waals surface area contributed by atoms with E-state index >= 15 is 0 Å². The normalized spacial score (nSPS) is 10.1. The maximum Gasteiger partial charge on any atom is 0.373 e. The van der Waals surface area contributed by atoms with E-state index in [1.165, 1.54) is 11.3 Å². The van der Waals surface area contributed by atoms with Gasteiger partial charge in [0.05, 0.1) is 23.8 Å². The Morgan fingerprint density at radius 1 is 1.00 bits per heavy atom. The molecule has 4 aromatic rings. The summed E-state index contributed by atoms with van der Waals surface area (Å²) in [5.41, 5.74) is 12.7. The molecule has 8 nitrogen and oxygen atoms in total. The minimum absolute atomic E-state index is 0.250. The van der Waals surface area contributed by atoms with Crippen LogP contribution in [0.1, 0.15) is 18.2 Å². The fourth-order valence-corrected chi connectivity index (χ4v) is 2.97. The van der Waals surface area contributed by atoms with Crippen LogP contribution in [-0.2, 0) is 16.0 Å². The molecule has 0 fully saturated rings. The Bertz CT molecular complexity index is 1120. The number of carbonyl (C=O) groups excluding carboxylic acids is 2. The molecule has 2 N–H and O–H groups in total. The van der Waals surface area contributed by atoms with Gasteiger partial charge >= 0.3 is 6.15 Å². The van der Waals surface area contributed by atoms with Gasteiger partial charge in [-0.05, 0) is 55.3 Å². The maximum absolute atomic E-state index is 8.12. The van der Waals surface area contributed by atoms with Gasteiger partial charge in [0.25, 0.3) is 0 Å². The lowest BCUT2D eigenvalue weighted by molar-refractivity contribution is -0.191. The van der Waals surface area contributed by atoms with Gasteiger partial charge in [0.1, 0.15) is 5.69 Å². The number of nitrogens with zero attached hydrogens (tertiary/aromatic N) is 5. The minimum atomic E-state index is 0.250. The van der Waals surface area contributed by atoms with Gasteiger partial charge in [-0.3, -0.25) is 0 Å². The molecule has 0 saturated heterocycles. The smallest absolute Gasteiger partial charge is 0.373 e. The Kier molecular flexibility index (Phi) is 5.97. The Labute approximate surface area is 167 Å². The topological polar surface area (TPSA) is 109 Å². The van der Waals surface area contributed by atoms with Gasteiger partial charge in [0.15, 0.2) is 0 Å². The van der Waals surface area contributed by atoms with Crippen LogP contribution in [0.5, 0.6) is 0 Å². The number of hydrogen-bond acceptors (Lipinski definition) is 6. The van der Waals surface area contributed by atoms with Gasteiger partial charge in [-0.1, -0.05) is 24.3 Å². The number of hydrogen-bond donors (Lipinski definition) is 1. The summed E-state index contributed by atoms with van der Waals surface area (Å²) in [6.45, 7) is 4.24. The lowest BCUT2D eigenvalue weighted by Gasteiger charge is -2.06. The second-order valence-electron chi connectivity index (χ2n) is 6.29. The molecule has 0 aliphatic carbocycles. The van der Waals surface area contributed by atoms with Crippen molar-refractivity contribution in [3.8, 4) is 22.6 Å². The van der Waals surface area contributed by atoms with Crippen LogP contribution >= 0.6 is 0 Å². The van der Waals surface area contributed by atoms with Gasteiger partial charge in [-0.25, -0.2) is 9.36 Å². The van der Waals surface area contributed by atoms with Gasteiger partial charge in [0.2, 0.25) is 0 Å². The monoisotopic (exact) mass is 388 g/mol. The number of nitrogen functional groups attached to an aromatic ring is 1. The molecule has 0 atom stereocenters. The first-order valence-corrected chi connectivity index (χ1v) is 8.99. The van der Waals surface area contributed by atoms with E-state index in [0.29, 0.717) is 0 Å². The molecular weight excluding hydrogens is 368 g/mol. The fourth-order valence-electron chi connectivity index (χ4n) is 2.97. The van der Waals surface area contributed by atoms with E-state index in [2.05, 4.69) is 41.4 Å². The summed E-state index contributed by atoms with van der Waals surface area (Å²) in [6.07, 6.45) is 5.08. The minimum Gasteiger partial charge on any atom is -0.399 e. The molecule has 4 rings (SSSR count). The highest BCUT2D eigenvalue weighted by molar-refractivity contribution is 5.60. The largest absolute Gasteiger partial charge is 0.399 e. The second kappa shape index (κ2) is 8.77. The van der Waals surface area contributed by atoms with Crippen LogP contribution in [0.3, 0.4) is 0 Å². The van der Waals surface area contributed by atoms with Gasteiger partial charge in [-0.15, -0.1) is 5.10 Å². The predicted octanol–water partition coefficient (Wildman–Crippen LogP) is 2.99. The van der Waals surface area contributed by atoms with Crippen molar-refractivity contribution >= 4 is 11.8 Å². The standard InChI is InChI=1S/C20H20N6.CO2/c1-3-15-12-22-26(14(15)2)19-8-4-16(5-9-19)20-13-25(24-23-20)18-10-6-17(21)7-11-18;2-1-3/h4-13H,3,21H2,1-2H3;. The van der Waals surface area contributed by atoms with E-state index in [0.717, 1.165) is 34.7 Å². The van der Waals surface area contributed by atoms with Crippen LogP contribution in [0.15, 0.2) is 60.9 Å². The molecule has 2 aromatic carbocycles. The number of aryl methyl sites for hydroxylation is 1. The van der Waals surface area contributed by atoms with E-state index < -0.39 is 0 Å². The number of aromatic nitrogens is 5. The second-order valence-corrected chi connectivity index (χ2v) is 6.29. The Balaban J connectivity index is 0.000000755. The summed E-state index contributed by atoms with van der Waals surface area (Å²) in [5, 5.41) is 13.0. The van der Waals surface area contributed by atoms with Crippen molar-refractivity contribution in [2.24, 2.45) is 0 Å². The number of benzene rings is 2. The first kappa shape index (κ1) is 19.7. The number of rotatable bonds is 4. The lowest BCUT2D eigenvalue weighted by Crippen LogP contribution is -1.99. The highest BCUT2D eigenvalue weighted by Crippen LogP contribution is 2.21. The van der Waals surface area contributed by atoms with E-state index in [1.807, 2.05) is 53.5 Å². The highest BCUT2D eigenvalue weighted by atomic mass is 16.2. The molecule has 0 amide bonds. The SMILES string of the molecule is CCc1cnn(-c2ccc(-c3cn(-c4ccc(N)cc4)nn3)cc2)c1C.O=C=O. The van der Waals surface area contributed by atoms with Crippen LogP contribution in [0.25, 0.3) is 22.6 Å². The Morgan fingerprint density at radius 3 is 2.21 bits per heavy atom. The quantitative estimate of drug-likeness (QED) is 0.538. The summed E-state index contributed by atoms with van der Waals surface area (Å²) in [7, 11) is 0.